The number of aryl methyl sites for hydroxylation is 1. The van der Waals surface area contributed by atoms with Gasteiger partial charge < -0.3 is 5.32 Å². The number of aromatic amines is 1. The number of hydrogen-bond donors (Lipinski definition) is 3. The SMILES string of the molecule is Cc1[nH]nc(S(=O)(=O)NCC2CC2)c1CNC1CC1. The van der Waals surface area contributed by atoms with E-state index in [9.17, 15) is 8.42 Å². The molecule has 0 saturated heterocycles. The van der Waals surface area contributed by atoms with Gasteiger partial charge in [-0.2, -0.15) is 5.10 Å². The lowest BCUT2D eigenvalue weighted by Gasteiger charge is -2.07. The van der Waals surface area contributed by atoms with Crippen LogP contribution in [-0.2, 0) is 16.6 Å². The van der Waals surface area contributed by atoms with Crippen molar-refractivity contribution in [3.63, 3.8) is 0 Å². The maximum atomic E-state index is 12.2. The molecule has 2 aliphatic rings. The molecule has 1 heterocycles. The van der Waals surface area contributed by atoms with Gasteiger partial charge in [-0.3, -0.25) is 5.10 Å². The van der Waals surface area contributed by atoms with Crippen LogP contribution in [0.3, 0.4) is 0 Å². The van der Waals surface area contributed by atoms with E-state index >= 15 is 0 Å². The van der Waals surface area contributed by atoms with Crippen molar-refractivity contribution in [1.29, 1.82) is 0 Å². The van der Waals surface area contributed by atoms with Gasteiger partial charge in [0.2, 0.25) is 0 Å². The Morgan fingerprint density at radius 3 is 2.68 bits per heavy atom. The summed E-state index contributed by atoms with van der Waals surface area (Å²) < 4.78 is 27.1. The first kappa shape index (κ1) is 13.1. The summed E-state index contributed by atoms with van der Waals surface area (Å²) in [6, 6.07) is 0.546. The van der Waals surface area contributed by atoms with E-state index in [4.69, 9.17) is 0 Å². The van der Waals surface area contributed by atoms with Crippen LogP contribution in [0.5, 0.6) is 0 Å². The highest BCUT2D eigenvalue weighted by molar-refractivity contribution is 7.89. The van der Waals surface area contributed by atoms with Crippen molar-refractivity contribution in [3.8, 4) is 0 Å². The van der Waals surface area contributed by atoms with Crippen LogP contribution in [0.4, 0.5) is 0 Å². The molecule has 2 fully saturated rings. The van der Waals surface area contributed by atoms with Gasteiger partial charge in [-0.15, -0.1) is 0 Å². The Bertz CT molecular complexity index is 558. The molecular formula is C12H20N4O2S. The summed E-state index contributed by atoms with van der Waals surface area (Å²) in [5, 5.41) is 10.2. The molecule has 0 amide bonds. The van der Waals surface area contributed by atoms with Crippen LogP contribution >= 0.6 is 0 Å². The monoisotopic (exact) mass is 284 g/mol. The van der Waals surface area contributed by atoms with E-state index in [-0.39, 0.29) is 5.03 Å². The Morgan fingerprint density at radius 1 is 1.32 bits per heavy atom. The molecule has 0 bridgehead atoms. The number of H-pyrrole nitrogens is 1. The minimum absolute atomic E-state index is 0.152. The summed E-state index contributed by atoms with van der Waals surface area (Å²) in [6.07, 6.45) is 4.61. The van der Waals surface area contributed by atoms with Crippen molar-refractivity contribution >= 4 is 10.0 Å². The lowest BCUT2D eigenvalue weighted by Crippen LogP contribution is -2.28. The van der Waals surface area contributed by atoms with Gasteiger partial charge in [0.05, 0.1) is 0 Å². The highest BCUT2D eigenvalue weighted by atomic mass is 32.2. The Hall–Kier alpha value is -0.920. The van der Waals surface area contributed by atoms with Crippen LogP contribution in [0.1, 0.15) is 36.9 Å². The molecule has 19 heavy (non-hydrogen) atoms. The van der Waals surface area contributed by atoms with Crippen molar-refractivity contribution in [2.75, 3.05) is 6.54 Å². The van der Waals surface area contributed by atoms with E-state index < -0.39 is 10.0 Å². The number of hydrogen-bond acceptors (Lipinski definition) is 4. The van der Waals surface area contributed by atoms with Gasteiger partial charge in [-0.05, 0) is 38.5 Å². The van der Waals surface area contributed by atoms with Crippen LogP contribution in [0, 0.1) is 12.8 Å². The zero-order chi connectivity index (χ0) is 13.5. The third-order valence-electron chi connectivity index (χ3n) is 3.69. The number of nitrogens with one attached hydrogen (secondary N) is 3. The summed E-state index contributed by atoms with van der Waals surface area (Å²) in [5.41, 5.74) is 1.58. The molecule has 3 rings (SSSR count). The molecule has 0 spiro atoms. The lowest BCUT2D eigenvalue weighted by molar-refractivity contribution is 0.570. The Kier molecular flexibility index (Phi) is 3.36. The van der Waals surface area contributed by atoms with Crippen molar-refractivity contribution in [2.45, 2.75) is 50.2 Å². The molecule has 0 radical (unpaired) electrons. The molecule has 0 aromatic carbocycles. The van der Waals surface area contributed by atoms with E-state index in [2.05, 4.69) is 20.2 Å². The molecule has 1 aromatic rings. The lowest BCUT2D eigenvalue weighted by atomic mass is 10.2. The molecule has 3 N–H and O–H groups in total. The van der Waals surface area contributed by atoms with Gasteiger partial charge in [0.25, 0.3) is 10.0 Å². The highest BCUT2D eigenvalue weighted by Crippen LogP contribution is 2.28. The third-order valence-corrected chi connectivity index (χ3v) is 5.09. The summed E-state index contributed by atoms with van der Waals surface area (Å²) in [7, 11) is -3.49. The summed E-state index contributed by atoms with van der Waals surface area (Å²) in [6.45, 7) is 2.95. The molecule has 0 unspecified atom stereocenters. The van der Waals surface area contributed by atoms with Crippen molar-refractivity contribution in [2.24, 2.45) is 5.92 Å². The molecule has 6 nitrogen and oxygen atoms in total. The van der Waals surface area contributed by atoms with Crippen LogP contribution < -0.4 is 10.0 Å². The quantitative estimate of drug-likeness (QED) is 0.686. The second kappa shape index (κ2) is 4.88. The van der Waals surface area contributed by atoms with Gasteiger partial charge in [-0.1, -0.05) is 0 Å². The molecule has 1 aromatic heterocycles. The van der Waals surface area contributed by atoms with Crippen LogP contribution in [-0.4, -0.2) is 31.2 Å². The molecule has 7 heteroatoms. The average molecular weight is 284 g/mol. The smallest absolute Gasteiger partial charge is 0.260 e. The fourth-order valence-electron chi connectivity index (χ4n) is 2.01. The van der Waals surface area contributed by atoms with E-state index in [1.54, 1.807) is 0 Å². The average Bonchev–Trinajstić information content (AvgIpc) is 3.25. The largest absolute Gasteiger partial charge is 0.310 e. The Balaban J connectivity index is 1.73. The highest BCUT2D eigenvalue weighted by Gasteiger charge is 2.29. The molecule has 0 atom stereocenters. The zero-order valence-electron chi connectivity index (χ0n) is 11.1. The standard InChI is InChI=1S/C12H20N4O2S/c1-8-11(7-13-10-4-5-10)12(16-15-8)19(17,18)14-6-9-2-3-9/h9-10,13-14H,2-7H2,1H3,(H,15,16). The van der Waals surface area contributed by atoms with E-state index in [1.165, 1.54) is 12.8 Å². The van der Waals surface area contributed by atoms with Gasteiger partial charge >= 0.3 is 0 Å². The van der Waals surface area contributed by atoms with Crippen LogP contribution in [0.15, 0.2) is 5.03 Å². The first-order chi connectivity index (χ1) is 9.06. The minimum Gasteiger partial charge on any atom is -0.310 e. The predicted octanol–water partition coefficient (Wildman–Crippen LogP) is 0.658. The zero-order valence-corrected chi connectivity index (χ0v) is 11.9. The van der Waals surface area contributed by atoms with Crippen LogP contribution in [0.2, 0.25) is 0 Å². The summed E-state index contributed by atoms with van der Waals surface area (Å²) >= 11 is 0. The molecule has 2 aliphatic carbocycles. The van der Waals surface area contributed by atoms with Gasteiger partial charge in [-0.25, -0.2) is 13.1 Å². The first-order valence-corrected chi connectivity index (χ1v) is 8.31. The van der Waals surface area contributed by atoms with Crippen LogP contribution in [0.25, 0.3) is 0 Å². The topological polar surface area (TPSA) is 86.9 Å². The van der Waals surface area contributed by atoms with E-state index in [0.717, 1.165) is 24.1 Å². The maximum absolute atomic E-state index is 12.2. The molecule has 0 aliphatic heterocycles. The van der Waals surface area contributed by atoms with Crippen molar-refractivity contribution in [3.05, 3.63) is 11.3 Å². The summed E-state index contributed by atoms with van der Waals surface area (Å²) in [5.74, 6) is 0.517. The molecule has 106 valence electrons. The minimum atomic E-state index is -3.49. The Labute approximate surface area is 113 Å². The van der Waals surface area contributed by atoms with Gasteiger partial charge in [0.15, 0.2) is 5.03 Å². The van der Waals surface area contributed by atoms with Gasteiger partial charge in [0.1, 0.15) is 0 Å². The van der Waals surface area contributed by atoms with E-state index in [0.29, 0.717) is 25.0 Å². The maximum Gasteiger partial charge on any atom is 0.260 e. The normalized spacial score (nSPS) is 19.8. The van der Waals surface area contributed by atoms with Crippen molar-refractivity contribution < 1.29 is 8.42 Å². The predicted molar refractivity (Wildman–Crippen MR) is 71.1 cm³/mol. The second-order valence-corrected chi connectivity index (χ2v) is 7.27. The fraction of sp³-hybridized carbons (Fsp3) is 0.750. The number of nitrogens with zero attached hydrogens (tertiary/aromatic N) is 1. The Morgan fingerprint density at radius 2 is 2.05 bits per heavy atom. The first-order valence-electron chi connectivity index (χ1n) is 6.83. The fourth-order valence-corrected chi connectivity index (χ4v) is 3.32. The van der Waals surface area contributed by atoms with Gasteiger partial charge in [0, 0.05) is 30.4 Å². The summed E-state index contributed by atoms with van der Waals surface area (Å²) in [4.78, 5) is 0. The molecular weight excluding hydrogens is 264 g/mol. The second-order valence-electron chi connectivity index (χ2n) is 5.58. The number of aromatic nitrogens is 2. The van der Waals surface area contributed by atoms with Crippen molar-refractivity contribution in [1.82, 2.24) is 20.2 Å². The number of sulfonamides is 1. The molecule has 2 saturated carbocycles. The van der Waals surface area contributed by atoms with E-state index in [1.807, 2.05) is 6.92 Å². The third kappa shape index (κ3) is 3.16. The number of rotatable bonds is 7.